The number of hydrogen-bond donors (Lipinski definition) is 1. The molecule has 1 fully saturated rings. The molecule has 1 saturated carbocycles. The van der Waals surface area contributed by atoms with E-state index in [9.17, 15) is 9.59 Å². The maximum Gasteiger partial charge on any atom is 0.358 e. The van der Waals surface area contributed by atoms with E-state index in [0.29, 0.717) is 25.5 Å². The Morgan fingerprint density at radius 1 is 1.31 bits per heavy atom. The molecule has 4 rings (SSSR count). The highest BCUT2D eigenvalue weighted by atomic mass is 16.5. The maximum atomic E-state index is 12.1. The predicted molar refractivity (Wildman–Crippen MR) is 103 cm³/mol. The van der Waals surface area contributed by atoms with Gasteiger partial charge in [-0.2, -0.15) is 0 Å². The van der Waals surface area contributed by atoms with E-state index in [1.54, 1.807) is 6.92 Å². The van der Waals surface area contributed by atoms with Gasteiger partial charge < -0.3 is 14.2 Å². The zero-order valence-corrected chi connectivity index (χ0v) is 16.4. The third-order valence-electron chi connectivity index (χ3n) is 5.04. The summed E-state index contributed by atoms with van der Waals surface area (Å²) in [5.74, 6) is -1.02. The molecule has 1 aliphatic rings. The molecule has 0 amide bonds. The number of aromatic carboxylic acids is 1. The van der Waals surface area contributed by atoms with Gasteiger partial charge in [-0.05, 0) is 43.2 Å². The molecule has 1 aliphatic carbocycles. The van der Waals surface area contributed by atoms with Crippen LogP contribution in [0.2, 0.25) is 0 Å². The van der Waals surface area contributed by atoms with Crippen LogP contribution in [0.1, 0.15) is 59.9 Å². The van der Waals surface area contributed by atoms with E-state index in [4.69, 9.17) is 14.8 Å². The number of nitrogens with zero attached hydrogens (tertiary/aromatic N) is 5. The van der Waals surface area contributed by atoms with Crippen molar-refractivity contribution < 1.29 is 19.4 Å². The Hall–Kier alpha value is -3.23. The second-order valence-corrected chi connectivity index (χ2v) is 7.50. The molecule has 0 spiro atoms. The van der Waals surface area contributed by atoms with Crippen molar-refractivity contribution in [2.45, 2.75) is 45.6 Å². The third kappa shape index (κ3) is 4.13. The molecule has 0 saturated heterocycles. The van der Waals surface area contributed by atoms with E-state index in [0.717, 1.165) is 16.9 Å². The first kappa shape index (κ1) is 19.1. The van der Waals surface area contributed by atoms with E-state index in [1.807, 2.05) is 17.5 Å². The van der Waals surface area contributed by atoms with Gasteiger partial charge >= 0.3 is 11.9 Å². The zero-order valence-electron chi connectivity index (χ0n) is 16.4. The maximum absolute atomic E-state index is 12.1. The standard InChI is InChI=1S/C20H23N5O4/c1-3-29-20(28)12(2)6-14-7-15(13-4-5-13)8-24-9-16(21-18(14)24)10-25-11-17(19(26)27)22-23-25/h7-9,11-13H,3-6,10H2,1-2H3,(H,26,27). The second kappa shape index (κ2) is 7.65. The van der Waals surface area contributed by atoms with Gasteiger partial charge in [-0.3, -0.25) is 4.79 Å². The van der Waals surface area contributed by atoms with Crippen molar-refractivity contribution >= 4 is 17.6 Å². The SMILES string of the molecule is CCOC(=O)C(C)Cc1cc(C2CC2)cn2cc(Cn3cc(C(=O)O)nn3)nc12. The molecule has 29 heavy (non-hydrogen) atoms. The van der Waals surface area contributed by atoms with Crippen molar-refractivity contribution in [3.05, 3.63) is 47.2 Å². The normalized spacial score (nSPS) is 14.8. The summed E-state index contributed by atoms with van der Waals surface area (Å²) in [6, 6.07) is 2.15. The highest BCUT2D eigenvalue weighted by Crippen LogP contribution is 2.40. The number of aromatic nitrogens is 5. The topological polar surface area (TPSA) is 112 Å². The fourth-order valence-electron chi connectivity index (χ4n) is 3.45. The Balaban J connectivity index is 1.64. The summed E-state index contributed by atoms with van der Waals surface area (Å²) in [5, 5.41) is 16.5. The number of carbonyl (C=O) groups is 2. The first-order valence-corrected chi connectivity index (χ1v) is 9.75. The first-order valence-electron chi connectivity index (χ1n) is 9.75. The molecule has 1 unspecified atom stereocenters. The average Bonchev–Trinajstić information content (AvgIpc) is 3.29. The van der Waals surface area contributed by atoms with Crippen molar-refractivity contribution in [1.82, 2.24) is 24.4 Å². The lowest BCUT2D eigenvalue weighted by atomic mass is 10.00. The molecule has 9 heteroatoms. The number of carboxylic acids is 1. The Kier molecular flexibility index (Phi) is 5.04. The van der Waals surface area contributed by atoms with Gasteiger partial charge in [0.1, 0.15) is 5.65 Å². The van der Waals surface area contributed by atoms with Crippen molar-refractivity contribution in [3.8, 4) is 0 Å². The van der Waals surface area contributed by atoms with Gasteiger partial charge in [0.25, 0.3) is 0 Å². The van der Waals surface area contributed by atoms with Crippen molar-refractivity contribution in [3.63, 3.8) is 0 Å². The van der Waals surface area contributed by atoms with Gasteiger partial charge in [-0.1, -0.05) is 18.2 Å². The predicted octanol–water partition coefficient (Wildman–Crippen LogP) is 2.29. The summed E-state index contributed by atoms with van der Waals surface area (Å²) in [5.41, 5.74) is 3.69. The summed E-state index contributed by atoms with van der Waals surface area (Å²) >= 11 is 0. The Bertz CT molecular complexity index is 1070. The van der Waals surface area contributed by atoms with Crippen LogP contribution in [0.4, 0.5) is 0 Å². The van der Waals surface area contributed by atoms with Crippen LogP contribution >= 0.6 is 0 Å². The summed E-state index contributed by atoms with van der Waals surface area (Å²) in [7, 11) is 0. The van der Waals surface area contributed by atoms with Gasteiger partial charge in [0.2, 0.25) is 0 Å². The van der Waals surface area contributed by atoms with E-state index >= 15 is 0 Å². The molecule has 3 aromatic rings. The van der Waals surface area contributed by atoms with Crippen LogP contribution in [0.25, 0.3) is 5.65 Å². The number of fused-ring (bicyclic) bond motifs is 1. The lowest BCUT2D eigenvalue weighted by Gasteiger charge is -2.12. The Morgan fingerprint density at radius 2 is 2.10 bits per heavy atom. The second-order valence-electron chi connectivity index (χ2n) is 7.50. The zero-order chi connectivity index (χ0) is 20.5. The van der Waals surface area contributed by atoms with Gasteiger partial charge in [-0.25, -0.2) is 14.5 Å². The quantitative estimate of drug-likeness (QED) is 0.580. The molecule has 0 bridgehead atoms. The summed E-state index contributed by atoms with van der Waals surface area (Å²) < 4.78 is 8.59. The highest BCUT2D eigenvalue weighted by molar-refractivity contribution is 5.84. The number of imidazole rings is 1. The van der Waals surface area contributed by atoms with Crippen LogP contribution in [0.3, 0.4) is 0 Å². The lowest BCUT2D eigenvalue weighted by Crippen LogP contribution is -2.17. The van der Waals surface area contributed by atoms with Crippen LogP contribution in [-0.2, 0) is 22.5 Å². The van der Waals surface area contributed by atoms with Crippen molar-refractivity contribution in [2.24, 2.45) is 5.92 Å². The molecule has 3 aromatic heterocycles. The van der Waals surface area contributed by atoms with E-state index in [1.165, 1.54) is 29.3 Å². The summed E-state index contributed by atoms with van der Waals surface area (Å²) in [6.45, 7) is 4.35. The first-order chi connectivity index (χ1) is 13.9. The molecule has 0 radical (unpaired) electrons. The minimum absolute atomic E-state index is 0.103. The van der Waals surface area contributed by atoms with Crippen LogP contribution in [0, 0.1) is 5.92 Å². The number of carbonyl (C=O) groups excluding carboxylic acids is 1. The highest BCUT2D eigenvalue weighted by Gasteiger charge is 2.26. The van der Waals surface area contributed by atoms with E-state index in [-0.39, 0.29) is 17.6 Å². The van der Waals surface area contributed by atoms with Crippen LogP contribution in [-0.4, -0.2) is 48.0 Å². The largest absolute Gasteiger partial charge is 0.476 e. The summed E-state index contributed by atoms with van der Waals surface area (Å²) in [4.78, 5) is 27.8. The van der Waals surface area contributed by atoms with Crippen molar-refractivity contribution in [1.29, 1.82) is 0 Å². The molecule has 152 valence electrons. The van der Waals surface area contributed by atoms with Gasteiger partial charge in [-0.15, -0.1) is 5.10 Å². The fourth-order valence-corrected chi connectivity index (χ4v) is 3.45. The van der Waals surface area contributed by atoms with Gasteiger partial charge in [0, 0.05) is 12.4 Å². The number of carboxylic acid groups (broad SMARTS) is 1. The van der Waals surface area contributed by atoms with Crippen molar-refractivity contribution in [2.75, 3.05) is 6.61 Å². The third-order valence-corrected chi connectivity index (χ3v) is 5.04. The molecular weight excluding hydrogens is 374 g/mol. The molecule has 1 atom stereocenters. The summed E-state index contributed by atoms with van der Waals surface area (Å²) in [6.07, 6.45) is 8.29. The molecule has 0 aliphatic heterocycles. The molecule has 1 N–H and O–H groups in total. The van der Waals surface area contributed by atoms with Gasteiger partial charge in [0.15, 0.2) is 5.69 Å². The van der Waals surface area contributed by atoms with Gasteiger partial charge in [0.05, 0.1) is 31.0 Å². The average molecular weight is 397 g/mol. The lowest BCUT2D eigenvalue weighted by molar-refractivity contribution is -0.147. The minimum Gasteiger partial charge on any atom is -0.476 e. The van der Waals surface area contributed by atoms with Crippen LogP contribution in [0.15, 0.2) is 24.7 Å². The molecule has 3 heterocycles. The van der Waals surface area contributed by atoms with E-state index in [2.05, 4.69) is 22.6 Å². The molecular formula is C20H23N5O4. The number of esters is 1. The Morgan fingerprint density at radius 3 is 2.76 bits per heavy atom. The Labute approximate surface area is 167 Å². The molecule has 0 aromatic carbocycles. The smallest absolute Gasteiger partial charge is 0.358 e. The number of hydrogen-bond acceptors (Lipinski definition) is 6. The molecule has 9 nitrogen and oxygen atoms in total. The number of ether oxygens (including phenoxy) is 1. The number of pyridine rings is 1. The monoisotopic (exact) mass is 397 g/mol. The van der Waals surface area contributed by atoms with Crippen LogP contribution < -0.4 is 0 Å². The van der Waals surface area contributed by atoms with E-state index < -0.39 is 5.97 Å². The fraction of sp³-hybridized carbons (Fsp3) is 0.450. The minimum atomic E-state index is -1.12. The van der Waals surface area contributed by atoms with Crippen LogP contribution in [0.5, 0.6) is 0 Å². The number of rotatable bonds is 8.